The van der Waals surface area contributed by atoms with Crippen molar-refractivity contribution in [3.8, 4) is 0 Å². The number of hydrogen-bond donors (Lipinski definition) is 0. The van der Waals surface area contributed by atoms with Gasteiger partial charge in [-0.25, -0.2) is 3.11 Å². The minimum atomic E-state index is 0.859. The molecule has 0 aromatic carbocycles. The van der Waals surface area contributed by atoms with E-state index in [1.807, 2.05) is 0 Å². The van der Waals surface area contributed by atoms with Gasteiger partial charge in [0.25, 0.3) is 0 Å². The highest BCUT2D eigenvalue weighted by atomic mass is 127. The molecule has 3 aliphatic heterocycles. The van der Waals surface area contributed by atoms with Crippen LogP contribution in [0.15, 0.2) is 0 Å². The molecule has 0 radical (unpaired) electrons. The molecule has 0 atom stereocenters. The van der Waals surface area contributed by atoms with Crippen molar-refractivity contribution in [3.63, 3.8) is 0 Å². The first-order valence-corrected chi connectivity index (χ1v) is 11.3. The molecule has 3 rings (SSSR count). The van der Waals surface area contributed by atoms with E-state index >= 15 is 0 Å². The minimum Gasteiger partial charge on any atom is -0.303 e. The zero-order valence-electron chi connectivity index (χ0n) is 15.6. The van der Waals surface area contributed by atoms with Crippen LogP contribution in [0.5, 0.6) is 0 Å². The Labute approximate surface area is 163 Å². The molecule has 3 aliphatic rings. The van der Waals surface area contributed by atoms with Crippen LogP contribution < -0.4 is 0 Å². The molecule has 0 bridgehead atoms. The van der Waals surface area contributed by atoms with Crippen molar-refractivity contribution in [1.82, 2.24) is 17.8 Å². The van der Waals surface area contributed by atoms with Crippen molar-refractivity contribution in [2.45, 2.75) is 51.5 Å². The number of halogens is 1. The van der Waals surface area contributed by atoms with Gasteiger partial charge in [-0.15, -0.1) is 0 Å². The van der Waals surface area contributed by atoms with Gasteiger partial charge in [-0.05, 0) is 64.2 Å². The van der Waals surface area contributed by atoms with Gasteiger partial charge >= 0.3 is 0 Å². The molecule has 3 fully saturated rings. The van der Waals surface area contributed by atoms with E-state index in [-0.39, 0.29) is 0 Å². The van der Waals surface area contributed by atoms with Gasteiger partial charge in [-0.1, -0.05) is 13.3 Å². The fourth-order valence-corrected chi connectivity index (χ4v) is 5.24. The van der Waals surface area contributed by atoms with Gasteiger partial charge in [-0.3, -0.25) is 4.90 Å². The zero-order chi connectivity index (χ0) is 16.8. The van der Waals surface area contributed by atoms with Gasteiger partial charge in [0.15, 0.2) is 0 Å². The largest absolute Gasteiger partial charge is 0.303 e. The Hall–Kier alpha value is 0.570. The van der Waals surface area contributed by atoms with E-state index < -0.39 is 0 Å². The minimum absolute atomic E-state index is 0.859. The third kappa shape index (κ3) is 5.79. The van der Waals surface area contributed by atoms with Gasteiger partial charge in [0.1, 0.15) is 0 Å². The Morgan fingerprint density at radius 2 is 1.33 bits per heavy atom. The van der Waals surface area contributed by atoms with E-state index in [1.54, 1.807) is 0 Å². The second-order valence-corrected chi connectivity index (χ2v) is 9.43. The highest BCUT2D eigenvalue weighted by Gasteiger charge is 2.26. The summed E-state index contributed by atoms with van der Waals surface area (Å²) in [7, 11) is 0. The first-order valence-electron chi connectivity index (χ1n) is 10.3. The monoisotopic (exact) mass is 448 g/mol. The highest BCUT2D eigenvalue weighted by Crippen LogP contribution is 2.21. The lowest BCUT2D eigenvalue weighted by Crippen LogP contribution is -2.52. The number of piperazine rings is 1. The van der Waals surface area contributed by atoms with Crippen molar-refractivity contribution in [2.24, 2.45) is 5.92 Å². The normalized spacial score (nSPS) is 27.8. The van der Waals surface area contributed by atoms with E-state index in [9.17, 15) is 0 Å². The lowest BCUT2D eigenvalue weighted by atomic mass is 9.94. The summed E-state index contributed by atoms with van der Waals surface area (Å²) in [6.45, 7) is 15.4. The van der Waals surface area contributed by atoms with E-state index in [0.29, 0.717) is 0 Å². The summed E-state index contributed by atoms with van der Waals surface area (Å²) < 4.78 is 2.45. The Morgan fingerprint density at radius 1 is 0.750 bits per heavy atom. The fraction of sp³-hybridized carbons (Fsp3) is 1.00. The van der Waals surface area contributed by atoms with Crippen LogP contribution in [0.1, 0.15) is 45.4 Å². The Kier molecular flexibility index (Phi) is 8.09. The fourth-order valence-electron chi connectivity index (χ4n) is 4.69. The van der Waals surface area contributed by atoms with Gasteiger partial charge < -0.3 is 9.80 Å². The molecular formula is C19H37IN4. The van der Waals surface area contributed by atoms with Crippen molar-refractivity contribution < 1.29 is 0 Å². The molecule has 5 heteroatoms. The van der Waals surface area contributed by atoms with Crippen LogP contribution in [0.3, 0.4) is 0 Å². The zero-order valence-corrected chi connectivity index (χ0v) is 17.8. The van der Waals surface area contributed by atoms with Crippen LogP contribution in [0.25, 0.3) is 0 Å². The summed E-state index contributed by atoms with van der Waals surface area (Å²) in [6.07, 6.45) is 8.36. The van der Waals surface area contributed by atoms with Gasteiger partial charge in [0.2, 0.25) is 0 Å². The van der Waals surface area contributed by atoms with Gasteiger partial charge in [-0.2, -0.15) is 0 Å². The average Bonchev–Trinajstić information content (AvgIpc) is 2.64. The Bertz CT molecular complexity index is 343. The van der Waals surface area contributed by atoms with Crippen molar-refractivity contribution in [1.29, 1.82) is 0 Å². The molecule has 0 unspecified atom stereocenters. The van der Waals surface area contributed by atoms with Crippen molar-refractivity contribution in [2.75, 3.05) is 65.4 Å². The molecule has 140 valence electrons. The maximum Gasteiger partial charge on any atom is 0.0201 e. The van der Waals surface area contributed by atoms with Crippen LogP contribution in [-0.2, 0) is 0 Å². The standard InChI is InChI=1S/C19H37IN4/c1-2-18-4-10-21(11-5-18)8-3-9-22-14-16-23(17-15-22)19-6-12-24(20)13-7-19/h18-19H,2-17H2,1H3. The van der Waals surface area contributed by atoms with E-state index in [4.69, 9.17) is 0 Å². The number of hydrogen-bond acceptors (Lipinski definition) is 4. The van der Waals surface area contributed by atoms with Crippen LogP contribution in [0, 0.1) is 5.92 Å². The summed E-state index contributed by atoms with van der Waals surface area (Å²) in [5.74, 6) is 1.01. The third-order valence-electron chi connectivity index (χ3n) is 6.57. The smallest absolute Gasteiger partial charge is 0.0201 e. The number of nitrogens with zero attached hydrogens (tertiary/aromatic N) is 4. The van der Waals surface area contributed by atoms with Crippen LogP contribution in [0.4, 0.5) is 0 Å². The number of rotatable bonds is 6. The van der Waals surface area contributed by atoms with Gasteiger partial charge in [0.05, 0.1) is 0 Å². The van der Waals surface area contributed by atoms with E-state index in [2.05, 4.69) is 47.6 Å². The Morgan fingerprint density at radius 3 is 1.92 bits per heavy atom. The molecule has 0 spiro atoms. The van der Waals surface area contributed by atoms with Crippen LogP contribution in [-0.4, -0.2) is 89.3 Å². The summed E-state index contributed by atoms with van der Waals surface area (Å²) >= 11 is 2.48. The summed E-state index contributed by atoms with van der Waals surface area (Å²) in [6, 6.07) is 0.859. The highest BCUT2D eigenvalue weighted by molar-refractivity contribution is 14.1. The predicted molar refractivity (Wildman–Crippen MR) is 111 cm³/mol. The molecule has 0 aromatic heterocycles. The molecule has 0 aliphatic carbocycles. The quantitative estimate of drug-likeness (QED) is 0.458. The molecule has 4 nitrogen and oxygen atoms in total. The van der Waals surface area contributed by atoms with Crippen LogP contribution in [0.2, 0.25) is 0 Å². The topological polar surface area (TPSA) is 13.0 Å². The summed E-state index contributed by atoms with van der Waals surface area (Å²) in [5.41, 5.74) is 0. The number of piperidine rings is 2. The summed E-state index contributed by atoms with van der Waals surface area (Å²) in [4.78, 5) is 8.19. The molecule has 3 heterocycles. The Balaban J connectivity index is 1.26. The first-order chi connectivity index (χ1) is 11.7. The molecule has 0 saturated carbocycles. The van der Waals surface area contributed by atoms with E-state index in [1.165, 1.54) is 104 Å². The number of likely N-dealkylation sites (tertiary alicyclic amines) is 1. The van der Waals surface area contributed by atoms with Crippen molar-refractivity contribution in [3.05, 3.63) is 0 Å². The van der Waals surface area contributed by atoms with Crippen LogP contribution >= 0.6 is 22.9 Å². The first kappa shape index (κ1) is 19.3. The van der Waals surface area contributed by atoms with E-state index in [0.717, 1.165) is 12.0 Å². The molecule has 0 N–H and O–H groups in total. The SMILES string of the molecule is CCC1CCN(CCCN2CCN(C3CCN(I)CC3)CC2)CC1. The molecular weight excluding hydrogens is 411 g/mol. The molecule has 0 amide bonds. The van der Waals surface area contributed by atoms with Gasteiger partial charge in [0, 0.05) is 68.2 Å². The molecule has 24 heavy (non-hydrogen) atoms. The third-order valence-corrected chi connectivity index (χ3v) is 7.53. The van der Waals surface area contributed by atoms with Crippen molar-refractivity contribution >= 4 is 22.9 Å². The second kappa shape index (κ2) is 10.0. The maximum atomic E-state index is 2.77. The molecule has 3 saturated heterocycles. The maximum absolute atomic E-state index is 2.77. The lowest BCUT2D eigenvalue weighted by Gasteiger charge is -2.42. The molecule has 0 aromatic rings. The second-order valence-electron chi connectivity index (χ2n) is 8.07. The predicted octanol–water partition coefficient (Wildman–Crippen LogP) is 2.93. The summed E-state index contributed by atoms with van der Waals surface area (Å²) in [5, 5.41) is 0. The average molecular weight is 448 g/mol. The lowest BCUT2D eigenvalue weighted by molar-refractivity contribution is 0.0724.